The van der Waals surface area contributed by atoms with E-state index >= 15 is 0 Å². The number of benzene rings is 1. The number of amides is 1. The van der Waals surface area contributed by atoms with Gasteiger partial charge in [-0.2, -0.15) is 0 Å². The van der Waals surface area contributed by atoms with Gasteiger partial charge < -0.3 is 10.2 Å². The fourth-order valence-corrected chi connectivity index (χ4v) is 2.44. The summed E-state index contributed by atoms with van der Waals surface area (Å²) in [5, 5.41) is 3.02. The molecule has 1 saturated heterocycles. The summed E-state index contributed by atoms with van der Waals surface area (Å²) >= 11 is 0. The molecule has 0 unspecified atom stereocenters. The Morgan fingerprint density at radius 1 is 1.32 bits per heavy atom. The second-order valence-electron chi connectivity index (χ2n) is 5.36. The molecule has 0 spiro atoms. The number of hydrogen-bond donors (Lipinski definition) is 1. The summed E-state index contributed by atoms with van der Waals surface area (Å²) in [4.78, 5) is 14.4. The molecular weight excluding hydrogens is 243 g/mol. The SMILES string of the molecule is C[C@H](NC(=O)C1CCN(C)CC1)c1ccc(F)cc1. The molecule has 1 atom stereocenters. The van der Waals surface area contributed by atoms with Gasteiger partial charge in [-0.05, 0) is 57.6 Å². The standard InChI is InChI=1S/C15H21FN2O/c1-11(12-3-5-14(16)6-4-12)17-15(19)13-7-9-18(2)10-8-13/h3-6,11,13H,7-10H2,1-2H3,(H,17,19)/t11-/m0/s1. The largest absolute Gasteiger partial charge is 0.349 e. The van der Waals surface area contributed by atoms with Crippen molar-refractivity contribution in [1.82, 2.24) is 10.2 Å². The summed E-state index contributed by atoms with van der Waals surface area (Å²) in [7, 11) is 2.08. The van der Waals surface area contributed by atoms with Gasteiger partial charge in [-0.15, -0.1) is 0 Å². The molecule has 0 bridgehead atoms. The lowest BCUT2D eigenvalue weighted by atomic mass is 9.95. The highest BCUT2D eigenvalue weighted by atomic mass is 19.1. The molecule has 0 aromatic heterocycles. The van der Waals surface area contributed by atoms with Gasteiger partial charge in [0.2, 0.25) is 5.91 Å². The highest BCUT2D eigenvalue weighted by Gasteiger charge is 2.24. The number of halogens is 1. The van der Waals surface area contributed by atoms with Gasteiger partial charge >= 0.3 is 0 Å². The third-order valence-electron chi connectivity index (χ3n) is 3.82. The fraction of sp³-hybridized carbons (Fsp3) is 0.533. The maximum Gasteiger partial charge on any atom is 0.223 e. The number of rotatable bonds is 3. The van der Waals surface area contributed by atoms with E-state index < -0.39 is 0 Å². The van der Waals surface area contributed by atoms with Crippen LogP contribution < -0.4 is 5.32 Å². The first-order valence-electron chi connectivity index (χ1n) is 6.80. The number of carbonyl (C=O) groups is 1. The Balaban J connectivity index is 1.89. The summed E-state index contributed by atoms with van der Waals surface area (Å²) in [5.41, 5.74) is 0.933. The van der Waals surface area contributed by atoms with Crippen LogP contribution in [-0.2, 0) is 4.79 Å². The second-order valence-corrected chi connectivity index (χ2v) is 5.36. The van der Waals surface area contributed by atoms with E-state index in [1.165, 1.54) is 12.1 Å². The zero-order chi connectivity index (χ0) is 13.8. The number of hydrogen-bond acceptors (Lipinski definition) is 2. The smallest absolute Gasteiger partial charge is 0.223 e. The first-order valence-corrected chi connectivity index (χ1v) is 6.80. The molecule has 1 fully saturated rings. The number of nitrogens with one attached hydrogen (secondary N) is 1. The van der Waals surface area contributed by atoms with Crippen LogP contribution in [0.25, 0.3) is 0 Å². The molecule has 1 amide bonds. The van der Waals surface area contributed by atoms with Crippen molar-refractivity contribution in [2.45, 2.75) is 25.8 Å². The first kappa shape index (κ1) is 14.0. The van der Waals surface area contributed by atoms with Crippen molar-refractivity contribution in [2.24, 2.45) is 5.92 Å². The molecule has 19 heavy (non-hydrogen) atoms. The van der Waals surface area contributed by atoms with Crippen molar-refractivity contribution < 1.29 is 9.18 Å². The van der Waals surface area contributed by atoms with Crippen molar-refractivity contribution in [3.05, 3.63) is 35.6 Å². The Morgan fingerprint density at radius 2 is 1.89 bits per heavy atom. The molecule has 104 valence electrons. The Bertz CT molecular complexity index is 424. The lowest BCUT2D eigenvalue weighted by molar-refractivity contribution is -0.127. The summed E-state index contributed by atoms with van der Waals surface area (Å²) in [5.74, 6) is -0.0263. The molecule has 0 radical (unpaired) electrons. The van der Waals surface area contributed by atoms with Gasteiger partial charge in [0.15, 0.2) is 0 Å². The van der Waals surface area contributed by atoms with Crippen molar-refractivity contribution in [2.75, 3.05) is 20.1 Å². The lowest BCUT2D eigenvalue weighted by Crippen LogP contribution is -2.39. The maximum atomic E-state index is 12.8. The molecule has 1 aromatic carbocycles. The predicted molar refractivity (Wildman–Crippen MR) is 73.2 cm³/mol. The summed E-state index contributed by atoms with van der Waals surface area (Å²) < 4.78 is 12.8. The topological polar surface area (TPSA) is 32.3 Å². The third kappa shape index (κ3) is 3.77. The minimum atomic E-state index is -0.252. The van der Waals surface area contributed by atoms with Gasteiger partial charge in [0.1, 0.15) is 5.82 Å². The van der Waals surface area contributed by atoms with E-state index in [9.17, 15) is 9.18 Å². The average molecular weight is 264 g/mol. The van der Waals surface area contributed by atoms with E-state index in [1.807, 2.05) is 6.92 Å². The van der Waals surface area contributed by atoms with Crippen LogP contribution in [0.15, 0.2) is 24.3 Å². The molecule has 0 saturated carbocycles. The van der Waals surface area contributed by atoms with Crippen LogP contribution in [0.2, 0.25) is 0 Å². The van der Waals surface area contributed by atoms with Crippen LogP contribution in [0.3, 0.4) is 0 Å². The highest BCUT2D eigenvalue weighted by Crippen LogP contribution is 2.19. The van der Waals surface area contributed by atoms with Gasteiger partial charge in [0.25, 0.3) is 0 Å². The number of piperidine rings is 1. The normalized spacial score (nSPS) is 19.1. The van der Waals surface area contributed by atoms with E-state index in [0.29, 0.717) is 0 Å². The molecular formula is C15H21FN2O. The Kier molecular flexibility index (Phi) is 4.53. The quantitative estimate of drug-likeness (QED) is 0.909. The maximum absolute atomic E-state index is 12.8. The minimum Gasteiger partial charge on any atom is -0.349 e. The van der Waals surface area contributed by atoms with E-state index in [0.717, 1.165) is 31.5 Å². The van der Waals surface area contributed by atoms with Gasteiger partial charge in [0, 0.05) is 5.92 Å². The Hall–Kier alpha value is -1.42. The van der Waals surface area contributed by atoms with E-state index in [2.05, 4.69) is 17.3 Å². The predicted octanol–water partition coefficient (Wildman–Crippen LogP) is 2.34. The average Bonchev–Trinajstić information content (AvgIpc) is 2.40. The molecule has 1 aliphatic heterocycles. The van der Waals surface area contributed by atoms with E-state index in [4.69, 9.17) is 0 Å². The molecule has 4 heteroatoms. The molecule has 2 rings (SSSR count). The first-order chi connectivity index (χ1) is 9.06. The highest BCUT2D eigenvalue weighted by molar-refractivity contribution is 5.79. The Labute approximate surface area is 113 Å². The van der Waals surface area contributed by atoms with Crippen LogP contribution in [0, 0.1) is 11.7 Å². The second kappa shape index (κ2) is 6.15. The number of likely N-dealkylation sites (tertiary alicyclic amines) is 1. The van der Waals surface area contributed by atoms with E-state index in [-0.39, 0.29) is 23.7 Å². The summed E-state index contributed by atoms with van der Waals surface area (Å²) in [6, 6.07) is 6.21. The van der Waals surface area contributed by atoms with Crippen molar-refractivity contribution in [1.29, 1.82) is 0 Å². The van der Waals surface area contributed by atoms with Crippen LogP contribution in [-0.4, -0.2) is 30.9 Å². The van der Waals surface area contributed by atoms with E-state index in [1.54, 1.807) is 12.1 Å². The van der Waals surface area contributed by atoms with Gasteiger partial charge in [-0.25, -0.2) is 4.39 Å². The Morgan fingerprint density at radius 3 is 2.47 bits per heavy atom. The van der Waals surface area contributed by atoms with Crippen LogP contribution >= 0.6 is 0 Å². The lowest BCUT2D eigenvalue weighted by Gasteiger charge is -2.29. The zero-order valence-electron chi connectivity index (χ0n) is 11.5. The summed E-state index contributed by atoms with van der Waals surface area (Å²) in [6.45, 7) is 3.88. The summed E-state index contributed by atoms with van der Waals surface area (Å²) in [6.07, 6.45) is 1.83. The number of nitrogens with zero attached hydrogens (tertiary/aromatic N) is 1. The van der Waals surface area contributed by atoms with Gasteiger partial charge in [-0.3, -0.25) is 4.79 Å². The minimum absolute atomic E-state index is 0.0762. The fourth-order valence-electron chi connectivity index (χ4n) is 2.44. The van der Waals surface area contributed by atoms with Gasteiger partial charge in [-0.1, -0.05) is 12.1 Å². The van der Waals surface area contributed by atoms with Crippen molar-refractivity contribution in [3.63, 3.8) is 0 Å². The molecule has 1 aromatic rings. The molecule has 1 N–H and O–H groups in total. The monoisotopic (exact) mass is 264 g/mol. The molecule has 1 aliphatic rings. The van der Waals surface area contributed by atoms with Gasteiger partial charge in [0.05, 0.1) is 6.04 Å². The van der Waals surface area contributed by atoms with Crippen LogP contribution in [0.1, 0.15) is 31.4 Å². The van der Waals surface area contributed by atoms with Crippen molar-refractivity contribution >= 4 is 5.91 Å². The van der Waals surface area contributed by atoms with Crippen LogP contribution in [0.5, 0.6) is 0 Å². The molecule has 0 aliphatic carbocycles. The van der Waals surface area contributed by atoms with Crippen LogP contribution in [0.4, 0.5) is 4.39 Å². The number of carbonyl (C=O) groups excluding carboxylic acids is 1. The van der Waals surface area contributed by atoms with Crippen molar-refractivity contribution in [3.8, 4) is 0 Å². The zero-order valence-corrected chi connectivity index (χ0v) is 11.5. The third-order valence-corrected chi connectivity index (χ3v) is 3.82. The molecule has 3 nitrogen and oxygen atoms in total. The molecule has 1 heterocycles.